The molecule has 0 radical (unpaired) electrons. The van der Waals surface area contributed by atoms with E-state index in [-0.39, 0.29) is 24.1 Å². The van der Waals surface area contributed by atoms with Crippen LogP contribution in [0.3, 0.4) is 0 Å². The molecule has 1 unspecified atom stereocenters. The largest absolute Gasteiger partial charge is 0.372 e. The molecule has 120 valence electrons. The molecular formula is C15H25ClFN3O. The zero-order valence-electron chi connectivity index (χ0n) is 12.6. The highest BCUT2D eigenvalue weighted by Crippen LogP contribution is 2.16. The first-order valence-corrected chi connectivity index (χ1v) is 7.05. The molecule has 21 heavy (non-hydrogen) atoms. The molecule has 0 aliphatic carbocycles. The topological polar surface area (TPSA) is 58.4 Å². The number of nitrogens with one attached hydrogen (secondary N) is 1. The van der Waals surface area contributed by atoms with Gasteiger partial charge in [0, 0.05) is 20.1 Å². The molecule has 1 aromatic carbocycles. The van der Waals surface area contributed by atoms with Crippen molar-refractivity contribution in [2.24, 2.45) is 5.73 Å². The minimum Gasteiger partial charge on any atom is -0.372 e. The van der Waals surface area contributed by atoms with Crippen molar-refractivity contribution in [3.05, 3.63) is 30.1 Å². The summed E-state index contributed by atoms with van der Waals surface area (Å²) in [5.41, 5.74) is 6.28. The number of hydrogen-bond donors (Lipinski definition) is 2. The molecule has 0 aliphatic rings. The number of halogens is 2. The highest BCUT2D eigenvalue weighted by atomic mass is 35.5. The maximum atomic E-state index is 13.5. The van der Waals surface area contributed by atoms with Crippen LogP contribution in [0.5, 0.6) is 0 Å². The van der Waals surface area contributed by atoms with E-state index >= 15 is 0 Å². The first kappa shape index (κ1) is 19.7. The summed E-state index contributed by atoms with van der Waals surface area (Å²) >= 11 is 0. The van der Waals surface area contributed by atoms with E-state index in [1.54, 1.807) is 18.2 Å². The summed E-state index contributed by atoms with van der Waals surface area (Å²) in [6, 6.07) is 6.23. The SMILES string of the molecule is CCCC(N)C(=O)NCCCN(C)c1ccccc1F.Cl. The van der Waals surface area contributed by atoms with Crippen molar-refractivity contribution in [3.63, 3.8) is 0 Å². The van der Waals surface area contributed by atoms with Crippen LogP contribution in [0.1, 0.15) is 26.2 Å². The second-order valence-corrected chi connectivity index (χ2v) is 4.91. The van der Waals surface area contributed by atoms with Crippen LogP contribution in [0, 0.1) is 5.82 Å². The molecule has 0 saturated heterocycles. The van der Waals surface area contributed by atoms with Crippen LogP contribution < -0.4 is 16.0 Å². The van der Waals surface area contributed by atoms with Crippen molar-refractivity contribution in [2.75, 3.05) is 25.0 Å². The van der Waals surface area contributed by atoms with E-state index in [4.69, 9.17) is 5.73 Å². The van der Waals surface area contributed by atoms with E-state index in [9.17, 15) is 9.18 Å². The molecule has 1 rings (SSSR count). The number of amides is 1. The Morgan fingerprint density at radius 1 is 1.43 bits per heavy atom. The van der Waals surface area contributed by atoms with Gasteiger partial charge in [0.25, 0.3) is 0 Å². The van der Waals surface area contributed by atoms with E-state index in [0.29, 0.717) is 25.2 Å². The fourth-order valence-electron chi connectivity index (χ4n) is 1.98. The van der Waals surface area contributed by atoms with Gasteiger partial charge in [0.1, 0.15) is 5.82 Å². The Morgan fingerprint density at radius 3 is 2.71 bits per heavy atom. The lowest BCUT2D eigenvalue weighted by atomic mass is 10.1. The number of nitrogens with zero attached hydrogens (tertiary/aromatic N) is 1. The smallest absolute Gasteiger partial charge is 0.236 e. The number of rotatable bonds is 8. The first-order chi connectivity index (χ1) is 9.56. The van der Waals surface area contributed by atoms with Crippen molar-refractivity contribution in [3.8, 4) is 0 Å². The molecule has 1 atom stereocenters. The zero-order valence-corrected chi connectivity index (χ0v) is 13.5. The van der Waals surface area contributed by atoms with Gasteiger partial charge in [-0.15, -0.1) is 12.4 Å². The number of anilines is 1. The van der Waals surface area contributed by atoms with Crippen molar-refractivity contribution in [1.82, 2.24) is 5.32 Å². The zero-order chi connectivity index (χ0) is 15.0. The molecule has 0 spiro atoms. The van der Waals surface area contributed by atoms with E-state index in [1.807, 2.05) is 18.9 Å². The molecule has 0 aromatic heterocycles. The van der Waals surface area contributed by atoms with Crippen LogP contribution in [0.2, 0.25) is 0 Å². The van der Waals surface area contributed by atoms with Crippen molar-refractivity contribution in [1.29, 1.82) is 0 Å². The highest BCUT2D eigenvalue weighted by Gasteiger charge is 2.11. The predicted molar refractivity (Wildman–Crippen MR) is 87.4 cm³/mol. The minimum atomic E-state index is -0.427. The summed E-state index contributed by atoms with van der Waals surface area (Å²) in [4.78, 5) is 13.4. The minimum absolute atomic E-state index is 0. The fraction of sp³-hybridized carbons (Fsp3) is 0.533. The molecule has 0 fully saturated rings. The summed E-state index contributed by atoms with van der Waals surface area (Å²) < 4.78 is 13.5. The molecule has 0 heterocycles. The predicted octanol–water partition coefficient (Wildman–Crippen LogP) is 2.32. The lowest BCUT2D eigenvalue weighted by molar-refractivity contribution is -0.122. The fourth-order valence-corrected chi connectivity index (χ4v) is 1.98. The molecule has 0 bridgehead atoms. The number of benzene rings is 1. The Labute approximate surface area is 132 Å². The van der Waals surface area contributed by atoms with Gasteiger partial charge >= 0.3 is 0 Å². The first-order valence-electron chi connectivity index (χ1n) is 7.05. The Morgan fingerprint density at radius 2 is 2.10 bits per heavy atom. The van der Waals surface area contributed by atoms with Crippen LogP contribution in [0.4, 0.5) is 10.1 Å². The van der Waals surface area contributed by atoms with E-state index in [0.717, 1.165) is 12.8 Å². The summed E-state index contributed by atoms with van der Waals surface area (Å²) in [7, 11) is 1.84. The Balaban J connectivity index is 0.00000400. The van der Waals surface area contributed by atoms with Crippen molar-refractivity contribution in [2.45, 2.75) is 32.2 Å². The quantitative estimate of drug-likeness (QED) is 0.723. The van der Waals surface area contributed by atoms with Crippen LogP contribution in [-0.4, -0.2) is 32.1 Å². The van der Waals surface area contributed by atoms with E-state index in [1.165, 1.54) is 6.07 Å². The maximum Gasteiger partial charge on any atom is 0.236 e. The maximum absolute atomic E-state index is 13.5. The Bertz CT molecular complexity index is 431. The Kier molecular flexibility index (Phi) is 9.75. The Hall–Kier alpha value is -1.33. The normalized spacial score (nSPS) is 11.4. The molecule has 6 heteroatoms. The van der Waals surface area contributed by atoms with Gasteiger partial charge in [0.05, 0.1) is 11.7 Å². The molecule has 1 aromatic rings. The second-order valence-electron chi connectivity index (χ2n) is 4.91. The lowest BCUT2D eigenvalue weighted by Crippen LogP contribution is -2.41. The van der Waals surface area contributed by atoms with Gasteiger partial charge < -0.3 is 16.0 Å². The third kappa shape index (κ3) is 6.78. The van der Waals surface area contributed by atoms with E-state index < -0.39 is 6.04 Å². The van der Waals surface area contributed by atoms with Gasteiger partial charge in [-0.25, -0.2) is 4.39 Å². The third-order valence-electron chi connectivity index (χ3n) is 3.17. The van der Waals surface area contributed by atoms with Crippen LogP contribution >= 0.6 is 12.4 Å². The van der Waals surface area contributed by atoms with E-state index in [2.05, 4.69) is 5.32 Å². The second kappa shape index (κ2) is 10.4. The summed E-state index contributed by atoms with van der Waals surface area (Å²) in [5.74, 6) is -0.343. The van der Waals surface area contributed by atoms with Gasteiger partial charge in [-0.05, 0) is 25.0 Å². The van der Waals surface area contributed by atoms with Gasteiger partial charge in [-0.2, -0.15) is 0 Å². The summed E-state index contributed by atoms with van der Waals surface area (Å²) in [5, 5.41) is 2.80. The molecule has 3 N–H and O–H groups in total. The van der Waals surface area contributed by atoms with Crippen LogP contribution in [-0.2, 0) is 4.79 Å². The number of hydrogen-bond acceptors (Lipinski definition) is 3. The lowest BCUT2D eigenvalue weighted by Gasteiger charge is -2.20. The highest BCUT2D eigenvalue weighted by molar-refractivity contribution is 5.85. The molecular weight excluding hydrogens is 293 g/mol. The molecule has 0 saturated carbocycles. The van der Waals surface area contributed by atoms with Gasteiger partial charge in [0.15, 0.2) is 0 Å². The van der Waals surface area contributed by atoms with Crippen LogP contribution in [0.15, 0.2) is 24.3 Å². The molecule has 0 aliphatic heterocycles. The van der Waals surface area contributed by atoms with Crippen LogP contribution in [0.25, 0.3) is 0 Å². The number of para-hydroxylation sites is 1. The van der Waals surface area contributed by atoms with Crippen molar-refractivity contribution < 1.29 is 9.18 Å². The molecule has 1 amide bonds. The van der Waals surface area contributed by atoms with Gasteiger partial charge in [-0.1, -0.05) is 25.5 Å². The average molecular weight is 318 g/mol. The molecule has 4 nitrogen and oxygen atoms in total. The van der Waals surface area contributed by atoms with Gasteiger partial charge in [-0.3, -0.25) is 4.79 Å². The standard InChI is InChI=1S/C15H24FN3O.ClH/c1-3-7-13(17)15(20)18-10-6-11-19(2)14-9-5-4-8-12(14)16;/h4-5,8-9,13H,3,6-7,10-11,17H2,1-2H3,(H,18,20);1H. The van der Waals surface area contributed by atoms with Crippen molar-refractivity contribution >= 4 is 24.0 Å². The number of carbonyl (C=O) groups is 1. The third-order valence-corrected chi connectivity index (χ3v) is 3.17. The summed E-state index contributed by atoms with van der Waals surface area (Å²) in [6.07, 6.45) is 2.33. The number of carbonyl (C=O) groups excluding carboxylic acids is 1. The van der Waals surface area contributed by atoms with Gasteiger partial charge in [0.2, 0.25) is 5.91 Å². The number of nitrogens with two attached hydrogens (primary N) is 1. The average Bonchev–Trinajstić information content (AvgIpc) is 2.43. The summed E-state index contributed by atoms with van der Waals surface area (Å²) in [6.45, 7) is 3.22. The monoisotopic (exact) mass is 317 g/mol.